The van der Waals surface area contributed by atoms with Gasteiger partial charge in [0.2, 0.25) is 0 Å². The average Bonchev–Trinajstić information content (AvgIpc) is 2.74. The van der Waals surface area contributed by atoms with Gasteiger partial charge in [0, 0.05) is 0 Å². The predicted molar refractivity (Wildman–Crippen MR) is 81.2 cm³/mol. The van der Waals surface area contributed by atoms with Gasteiger partial charge < -0.3 is 4.74 Å². The maximum absolute atomic E-state index is 12.6. The topological polar surface area (TPSA) is 63.7 Å². The van der Waals surface area contributed by atoms with Gasteiger partial charge in [-0.1, -0.05) is 24.3 Å². The van der Waals surface area contributed by atoms with Gasteiger partial charge in [0.15, 0.2) is 0 Å². The van der Waals surface area contributed by atoms with E-state index in [1.54, 1.807) is 50.4 Å². The molecule has 1 aliphatic heterocycles. The van der Waals surface area contributed by atoms with Gasteiger partial charge in [-0.15, -0.1) is 0 Å². The van der Waals surface area contributed by atoms with Crippen LogP contribution in [0.2, 0.25) is 0 Å². The average molecular weight is 317 g/mol. The number of methoxy groups -OCH3 is 1. The number of carbonyl (C=O) groups excluding carboxylic acids is 1. The summed E-state index contributed by atoms with van der Waals surface area (Å²) in [6.45, 7) is 1.70. The Labute approximate surface area is 129 Å². The van der Waals surface area contributed by atoms with E-state index in [0.717, 1.165) is 9.87 Å². The highest BCUT2D eigenvalue weighted by Crippen LogP contribution is 2.36. The van der Waals surface area contributed by atoms with Crippen LogP contribution < -0.4 is 4.74 Å². The van der Waals surface area contributed by atoms with Crippen LogP contribution >= 0.6 is 0 Å². The van der Waals surface area contributed by atoms with Crippen molar-refractivity contribution < 1.29 is 17.9 Å². The molecule has 0 saturated heterocycles. The Kier molecular flexibility index (Phi) is 3.41. The summed E-state index contributed by atoms with van der Waals surface area (Å²) in [6, 6.07) is 12.7. The molecule has 1 aliphatic rings. The maximum Gasteiger partial charge on any atom is 0.269 e. The maximum atomic E-state index is 12.6. The Morgan fingerprint density at radius 1 is 1.05 bits per heavy atom. The van der Waals surface area contributed by atoms with Crippen LogP contribution in [0.3, 0.4) is 0 Å². The lowest BCUT2D eigenvalue weighted by molar-refractivity contribution is 0.0839. The molecule has 5 nitrogen and oxygen atoms in total. The zero-order chi connectivity index (χ0) is 15.9. The number of carbonyl (C=O) groups is 1. The Morgan fingerprint density at radius 2 is 1.68 bits per heavy atom. The molecule has 1 amide bonds. The number of hydrogen-bond acceptors (Lipinski definition) is 4. The van der Waals surface area contributed by atoms with Gasteiger partial charge in [-0.2, -0.15) is 0 Å². The molecule has 0 N–H and O–H groups in total. The van der Waals surface area contributed by atoms with Crippen LogP contribution in [0, 0.1) is 0 Å². The van der Waals surface area contributed by atoms with Crippen LogP contribution in [0.15, 0.2) is 53.4 Å². The number of sulfonamides is 1. The normalized spacial score (nSPS) is 17.2. The van der Waals surface area contributed by atoms with Crippen molar-refractivity contribution in [2.45, 2.75) is 17.9 Å². The molecule has 2 aromatic carbocycles. The highest BCUT2D eigenvalue weighted by Gasteiger charge is 2.43. The number of hydrogen-bond donors (Lipinski definition) is 0. The van der Waals surface area contributed by atoms with Crippen molar-refractivity contribution in [3.05, 3.63) is 59.7 Å². The Hall–Kier alpha value is -2.34. The molecule has 2 aromatic rings. The van der Waals surface area contributed by atoms with Crippen LogP contribution in [0.1, 0.15) is 28.9 Å². The van der Waals surface area contributed by atoms with E-state index >= 15 is 0 Å². The molecule has 0 aliphatic carbocycles. The summed E-state index contributed by atoms with van der Waals surface area (Å²) in [6.07, 6.45) is 0. The number of rotatable bonds is 3. The zero-order valence-electron chi connectivity index (χ0n) is 12.2. The summed E-state index contributed by atoms with van der Waals surface area (Å²) >= 11 is 0. The van der Waals surface area contributed by atoms with E-state index in [1.807, 2.05) is 0 Å². The Morgan fingerprint density at radius 3 is 2.27 bits per heavy atom. The van der Waals surface area contributed by atoms with Crippen LogP contribution in [0.25, 0.3) is 0 Å². The second kappa shape index (κ2) is 5.14. The van der Waals surface area contributed by atoms with Gasteiger partial charge in [-0.3, -0.25) is 4.79 Å². The summed E-state index contributed by atoms with van der Waals surface area (Å²) < 4.78 is 31.3. The number of benzene rings is 2. The number of amides is 1. The number of nitrogens with zero attached hydrogens (tertiary/aromatic N) is 1. The monoisotopic (exact) mass is 317 g/mol. The third-order valence-electron chi connectivity index (χ3n) is 3.80. The summed E-state index contributed by atoms with van der Waals surface area (Å²) in [4.78, 5) is 12.5. The second-order valence-electron chi connectivity index (χ2n) is 5.05. The van der Waals surface area contributed by atoms with Gasteiger partial charge in [0.1, 0.15) is 10.6 Å². The van der Waals surface area contributed by atoms with E-state index < -0.39 is 22.0 Å². The first kappa shape index (κ1) is 14.6. The van der Waals surface area contributed by atoms with Crippen LogP contribution in [0.4, 0.5) is 0 Å². The van der Waals surface area contributed by atoms with E-state index in [9.17, 15) is 13.2 Å². The summed E-state index contributed by atoms with van der Waals surface area (Å²) in [5.41, 5.74) is 0.952. The second-order valence-corrected chi connectivity index (χ2v) is 6.83. The molecule has 6 heteroatoms. The highest BCUT2D eigenvalue weighted by atomic mass is 32.2. The molecule has 1 heterocycles. The molecule has 0 radical (unpaired) electrons. The predicted octanol–water partition coefficient (Wildman–Crippen LogP) is 2.60. The number of fused-ring (bicyclic) bond motifs is 1. The first-order valence-electron chi connectivity index (χ1n) is 6.78. The fourth-order valence-corrected chi connectivity index (χ4v) is 4.35. The molecule has 0 fully saturated rings. The first-order valence-corrected chi connectivity index (χ1v) is 8.22. The van der Waals surface area contributed by atoms with Crippen molar-refractivity contribution in [1.82, 2.24) is 4.31 Å². The first-order chi connectivity index (χ1) is 10.5. The van der Waals surface area contributed by atoms with Crippen LogP contribution in [-0.2, 0) is 10.0 Å². The standard InChI is InChI=1S/C16H15NO4S/c1-11(12-7-9-13(21-2)10-8-12)17-16(18)14-5-3-4-6-15(14)22(17,19)20/h3-11H,1-2H3. The van der Waals surface area contributed by atoms with E-state index in [0.29, 0.717) is 5.75 Å². The van der Waals surface area contributed by atoms with Gasteiger partial charge in [0.25, 0.3) is 15.9 Å². The van der Waals surface area contributed by atoms with Crippen molar-refractivity contribution in [3.8, 4) is 5.75 Å². The molecular weight excluding hydrogens is 302 g/mol. The third kappa shape index (κ3) is 2.07. The third-order valence-corrected chi connectivity index (χ3v) is 5.72. The van der Waals surface area contributed by atoms with Crippen molar-refractivity contribution >= 4 is 15.9 Å². The number of ether oxygens (including phenoxy) is 1. The molecule has 22 heavy (non-hydrogen) atoms. The van der Waals surface area contributed by atoms with Gasteiger partial charge in [0.05, 0.1) is 18.7 Å². The van der Waals surface area contributed by atoms with Crippen molar-refractivity contribution in [1.29, 1.82) is 0 Å². The van der Waals surface area contributed by atoms with Gasteiger partial charge in [-0.05, 0) is 36.8 Å². The lowest BCUT2D eigenvalue weighted by Crippen LogP contribution is -2.32. The molecule has 114 valence electrons. The van der Waals surface area contributed by atoms with Crippen molar-refractivity contribution in [3.63, 3.8) is 0 Å². The van der Waals surface area contributed by atoms with E-state index in [-0.39, 0.29) is 10.5 Å². The van der Waals surface area contributed by atoms with Crippen molar-refractivity contribution in [2.75, 3.05) is 7.11 Å². The summed E-state index contributed by atoms with van der Waals surface area (Å²) in [5.74, 6) is 0.189. The summed E-state index contributed by atoms with van der Waals surface area (Å²) in [5, 5.41) is 0. The minimum atomic E-state index is -3.81. The van der Waals surface area contributed by atoms with Gasteiger partial charge >= 0.3 is 0 Å². The minimum Gasteiger partial charge on any atom is -0.497 e. The van der Waals surface area contributed by atoms with E-state index in [1.165, 1.54) is 12.1 Å². The molecule has 0 spiro atoms. The largest absolute Gasteiger partial charge is 0.497 e. The summed E-state index contributed by atoms with van der Waals surface area (Å²) in [7, 11) is -2.25. The quantitative estimate of drug-likeness (QED) is 0.873. The van der Waals surface area contributed by atoms with Crippen molar-refractivity contribution in [2.24, 2.45) is 0 Å². The molecule has 1 unspecified atom stereocenters. The lowest BCUT2D eigenvalue weighted by atomic mass is 10.1. The lowest BCUT2D eigenvalue weighted by Gasteiger charge is -2.23. The van der Waals surface area contributed by atoms with Gasteiger partial charge in [-0.25, -0.2) is 12.7 Å². The van der Waals surface area contributed by atoms with Crippen LogP contribution in [-0.4, -0.2) is 25.7 Å². The molecule has 1 atom stereocenters. The highest BCUT2D eigenvalue weighted by molar-refractivity contribution is 7.90. The fourth-order valence-electron chi connectivity index (χ4n) is 2.60. The van der Waals surface area contributed by atoms with E-state index in [4.69, 9.17) is 4.74 Å². The SMILES string of the molecule is COc1ccc(C(C)N2C(=O)c3ccccc3S2(=O)=O)cc1. The molecule has 0 aromatic heterocycles. The Bertz CT molecular complexity index is 827. The van der Waals surface area contributed by atoms with Crippen LogP contribution in [0.5, 0.6) is 5.75 Å². The molecule has 0 bridgehead atoms. The smallest absolute Gasteiger partial charge is 0.269 e. The fraction of sp³-hybridized carbons (Fsp3) is 0.188. The minimum absolute atomic E-state index is 0.0698. The zero-order valence-corrected chi connectivity index (χ0v) is 13.0. The van der Waals surface area contributed by atoms with E-state index in [2.05, 4.69) is 0 Å². The molecule has 3 rings (SSSR count). The molecular formula is C16H15NO4S. The molecule has 0 saturated carbocycles. The Balaban J connectivity index is 2.03.